The van der Waals surface area contributed by atoms with E-state index in [0.29, 0.717) is 6.54 Å². The number of carbonyl (C=O) groups excluding carboxylic acids is 2. The van der Waals surface area contributed by atoms with Crippen LogP contribution in [-0.2, 0) is 9.59 Å². The van der Waals surface area contributed by atoms with Gasteiger partial charge in [-0.25, -0.2) is 0 Å². The van der Waals surface area contributed by atoms with Crippen molar-refractivity contribution in [2.45, 2.75) is 185 Å². The minimum absolute atomic E-state index is 0.101. The SMILES string of the molecule is CCCCCCCCCCCCCCCCCCN1C(=O)C2(CCCCC2)NC2(CCCCC2)C1=O. The molecule has 2 spiro atoms. The van der Waals surface area contributed by atoms with E-state index in [-0.39, 0.29) is 11.8 Å². The lowest BCUT2D eigenvalue weighted by Crippen LogP contribution is -2.76. The van der Waals surface area contributed by atoms with Crippen LogP contribution in [0.4, 0.5) is 0 Å². The van der Waals surface area contributed by atoms with Crippen LogP contribution in [0.25, 0.3) is 0 Å². The predicted molar refractivity (Wildman–Crippen MR) is 151 cm³/mol. The number of hydrogen-bond acceptors (Lipinski definition) is 3. The third kappa shape index (κ3) is 8.57. The van der Waals surface area contributed by atoms with Gasteiger partial charge in [0.25, 0.3) is 0 Å². The maximum atomic E-state index is 13.6. The molecule has 3 fully saturated rings. The summed E-state index contributed by atoms with van der Waals surface area (Å²) < 4.78 is 0. The number of piperazine rings is 1. The lowest BCUT2D eigenvalue weighted by molar-refractivity contribution is -0.164. The molecule has 3 aliphatic rings. The highest BCUT2D eigenvalue weighted by Crippen LogP contribution is 2.41. The summed E-state index contributed by atoms with van der Waals surface area (Å²) >= 11 is 0. The Morgan fingerprint density at radius 1 is 0.528 bits per heavy atom. The molecule has 0 aromatic heterocycles. The quantitative estimate of drug-likeness (QED) is 0.160. The van der Waals surface area contributed by atoms with E-state index in [9.17, 15) is 9.59 Å². The van der Waals surface area contributed by atoms with Crippen LogP contribution in [0.2, 0.25) is 0 Å². The molecule has 0 aromatic carbocycles. The van der Waals surface area contributed by atoms with Crippen molar-refractivity contribution in [3.05, 3.63) is 0 Å². The Labute approximate surface area is 223 Å². The van der Waals surface area contributed by atoms with Crippen molar-refractivity contribution in [1.82, 2.24) is 10.2 Å². The molecule has 1 N–H and O–H groups in total. The van der Waals surface area contributed by atoms with Crippen molar-refractivity contribution >= 4 is 11.8 Å². The third-order valence-electron chi connectivity index (χ3n) is 9.44. The summed E-state index contributed by atoms with van der Waals surface area (Å²) in [6.07, 6.45) is 32.0. The Bertz CT molecular complexity index is 598. The first-order chi connectivity index (χ1) is 17.6. The molecule has 208 valence electrons. The van der Waals surface area contributed by atoms with E-state index in [4.69, 9.17) is 0 Å². The second-order valence-corrected chi connectivity index (χ2v) is 12.5. The number of unbranched alkanes of at least 4 members (excludes halogenated alkanes) is 15. The zero-order valence-electron chi connectivity index (χ0n) is 23.9. The highest BCUT2D eigenvalue weighted by atomic mass is 16.2. The number of nitrogens with one attached hydrogen (secondary N) is 1. The number of rotatable bonds is 17. The fourth-order valence-corrected chi connectivity index (χ4v) is 7.18. The number of amides is 2. The highest BCUT2D eigenvalue weighted by molar-refractivity contribution is 6.07. The Morgan fingerprint density at radius 3 is 1.22 bits per heavy atom. The topological polar surface area (TPSA) is 49.4 Å². The van der Waals surface area contributed by atoms with Gasteiger partial charge in [-0.05, 0) is 32.1 Å². The summed E-state index contributed by atoms with van der Waals surface area (Å²) in [6, 6.07) is 0. The van der Waals surface area contributed by atoms with Crippen molar-refractivity contribution in [2.75, 3.05) is 6.54 Å². The zero-order chi connectivity index (χ0) is 25.5. The molecule has 0 atom stereocenters. The molecule has 2 amide bonds. The lowest BCUT2D eigenvalue weighted by Gasteiger charge is -2.53. The molecular formula is C32H58N2O2. The zero-order valence-corrected chi connectivity index (χ0v) is 23.9. The van der Waals surface area contributed by atoms with Crippen LogP contribution in [0, 0.1) is 0 Å². The Morgan fingerprint density at radius 2 is 0.861 bits per heavy atom. The molecular weight excluding hydrogens is 444 g/mol. The maximum Gasteiger partial charge on any atom is 0.249 e. The van der Waals surface area contributed by atoms with E-state index in [0.717, 1.165) is 64.2 Å². The number of nitrogens with zero attached hydrogens (tertiary/aromatic N) is 1. The lowest BCUT2D eigenvalue weighted by atomic mass is 9.71. The summed E-state index contributed by atoms with van der Waals surface area (Å²) in [6.45, 7) is 2.93. The monoisotopic (exact) mass is 502 g/mol. The second-order valence-electron chi connectivity index (χ2n) is 12.5. The molecule has 4 nitrogen and oxygen atoms in total. The molecule has 0 aromatic rings. The van der Waals surface area contributed by atoms with E-state index in [1.165, 1.54) is 103 Å². The molecule has 2 aliphatic carbocycles. The van der Waals surface area contributed by atoms with Crippen molar-refractivity contribution < 1.29 is 9.59 Å². The van der Waals surface area contributed by atoms with E-state index >= 15 is 0 Å². The van der Waals surface area contributed by atoms with Crippen molar-refractivity contribution in [1.29, 1.82) is 0 Å². The van der Waals surface area contributed by atoms with Crippen molar-refractivity contribution in [3.8, 4) is 0 Å². The molecule has 4 heteroatoms. The second kappa shape index (κ2) is 16.1. The minimum atomic E-state index is -0.460. The van der Waals surface area contributed by atoms with E-state index in [1.54, 1.807) is 4.90 Å². The van der Waals surface area contributed by atoms with Crippen LogP contribution < -0.4 is 5.32 Å². The fourth-order valence-electron chi connectivity index (χ4n) is 7.18. The van der Waals surface area contributed by atoms with Gasteiger partial charge < -0.3 is 0 Å². The summed E-state index contributed by atoms with van der Waals surface area (Å²) in [4.78, 5) is 28.9. The number of carbonyl (C=O) groups is 2. The van der Waals surface area contributed by atoms with Gasteiger partial charge in [-0.15, -0.1) is 0 Å². The van der Waals surface area contributed by atoms with Crippen LogP contribution in [-0.4, -0.2) is 34.3 Å². The minimum Gasteiger partial charge on any atom is -0.290 e. The molecule has 36 heavy (non-hydrogen) atoms. The number of imide groups is 1. The summed E-state index contributed by atoms with van der Waals surface area (Å²) in [5.41, 5.74) is -0.920. The van der Waals surface area contributed by atoms with E-state index in [2.05, 4.69) is 12.2 Å². The van der Waals surface area contributed by atoms with Crippen molar-refractivity contribution in [3.63, 3.8) is 0 Å². The summed E-state index contributed by atoms with van der Waals surface area (Å²) in [5.74, 6) is 0.203. The van der Waals surface area contributed by atoms with Gasteiger partial charge in [0.2, 0.25) is 11.8 Å². The normalized spacial score (nSPS) is 21.5. The Kier molecular flexibility index (Phi) is 13.3. The van der Waals surface area contributed by atoms with Gasteiger partial charge >= 0.3 is 0 Å². The van der Waals surface area contributed by atoms with Gasteiger partial charge in [-0.2, -0.15) is 0 Å². The highest BCUT2D eigenvalue weighted by Gasteiger charge is 2.57. The van der Waals surface area contributed by atoms with Gasteiger partial charge in [0.1, 0.15) is 0 Å². The van der Waals surface area contributed by atoms with E-state index in [1.807, 2.05) is 0 Å². The first-order valence-corrected chi connectivity index (χ1v) is 16.3. The first-order valence-electron chi connectivity index (χ1n) is 16.3. The third-order valence-corrected chi connectivity index (χ3v) is 9.44. The standard InChI is InChI=1S/C32H58N2O2/c1-2-3-4-5-6-7-8-9-10-11-12-13-14-15-16-23-28-34-29(35)31(24-19-17-20-25-31)33-32(30(34)36)26-21-18-22-27-32/h33H,2-28H2,1H3. The van der Waals surface area contributed by atoms with E-state index < -0.39 is 11.1 Å². The van der Waals surface area contributed by atoms with Crippen LogP contribution in [0.3, 0.4) is 0 Å². The van der Waals surface area contributed by atoms with Crippen molar-refractivity contribution in [2.24, 2.45) is 0 Å². The fraction of sp³-hybridized carbons (Fsp3) is 0.938. The van der Waals surface area contributed by atoms with Gasteiger partial charge in [-0.3, -0.25) is 19.8 Å². The van der Waals surface area contributed by atoms with Crippen LogP contribution in [0.15, 0.2) is 0 Å². The Balaban J connectivity index is 1.28. The van der Waals surface area contributed by atoms with Crippen LogP contribution in [0.5, 0.6) is 0 Å². The smallest absolute Gasteiger partial charge is 0.249 e. The largest absolute Gasteiger partial charge is 0.290 e. The first kappa shape index (κ1) is 29.7. The molecule has 3 rings (SSSR count). The van der Waals surface area contributed by atoms with Crippen LogP contribution in [0.1, 0.15) is 174 Å². The number of hydrogen-bond donors (Lipinski definition) is 1. The average molecular weight is 503 g/mol. The molecule has 0 bridgehead atoms. The molecule has 1 aliphatic heterocycles. The van der Waals surface area contributed by atoms with Gasteiger partial charge in [0.05, 0.1) is 11.1 Å². The van der Waals surface area contributed by atoms with Gasteiger partial charge in [0.15, 0.2) is 0 Å². The summed E-state index contributed by atoms with van der Waals surface area (Å²) in [5, 5.41) is 3.73. The molecule has 0 unspecified atom stereocenters. The Hall–Kier alpha value is -0.900. The molecule has 1 saturated heterocycles. The molecule has 1 heterocycles. The molecule has 2 saturated carbocycles. The average Bonchev–Trinajstić information content (AvgIpc) is 2.90. The maximum absolute atomic E-state index is 13.6. The summed E-state index contributed by atoms with van der Waals surface area (Å²) in [7, 11) is 0. The van der Waals surface area contributed by atoms with Crippen LogP contribution >= 0.6 is 0 Å². The van der Waals surface area contributed by atoms with Gasteiger partial charge in [0, 0.05) is 6.54 Å². The predicted octanol–water partition coefficient (Wildman–Crippen LogP) is 8.61. The molecule has 0 radical (unpaired) electrons. The van der Waals surface area contributed by atoms with Gasteiger partial charge in [-0.1, -0.05) is 142 Å².